The summed E-state index contributed by atoms with van der Waals surface area (Å²) in [5.41, 5.74) is 0.885. The summed E-state index contributed by atoms with van der Waals surface area (Å²) < 4.78 is 13.8. The molecule has 1 aromatic rings. The van der Waals surface area contributed by atoms with Crippen molar-refractivity contribution >= 4 is 11.5 Å². The molecule has 0 radical (unpaired) electrons. The van der Waals surface area contributed by atoms with Crippen LogP contribution in [0.25, 0.3) is 0 Å². The summed E-state index contributed by atoms with van der Waals surface area (Å²) in [6, 6.07) is 4.96. The number of carbonyl (C=O) groups is 1. The lowest BCUT2D eigenvalue weighted by atomic mass is 9.86. The van der Waals surface area contributed by atoms with E-state index in [0.29, 0.717) is 5.69 Å². The number of Topliss-reactive ketones (excluding diaryl/α,β-unsaturated/α-hetero) is 1. The number of anilines is 1. The SMILES string of the molecule is CC(=O)c1c(F)cccc1N(C)C(C)C(C)(C)C. The fourth-order valence-corrected chi connectivity index (χ4v) is 1.94. The Labute approximate surface area is 109 Å². The van der Waals surface area contributed by atoms with Crippen LogP contribution in [0.1, 0.15) is 45.0 Å². The molecule has 1 unspecified atom stereocenters. The molecule has 3 heteroatoms. The van der Waals surface area contributed by atoms with Gasteiger partial charge in [-0.2, -0.15) is 0 Å². The molecule has 0 heterocycles. The number of benzene rings is 1. The number of hydrogen-bond acceptors (Lipinski definition) is 2. The van der Waals surface area contributed by atoms with Crippen molar-refractivity contribution < 1.29 is 9.18 Å². The van der Waals surface area contributed by atoms with E-state index >= 15 is 0 Å². The first-order chi connectivity index (χ1) is 8.16. The fourth-order valence-electron chi connectivity index (χ4n) is 1.94. The first-order valence-electron chi connectivity index (χ1n) is 6.18. The van der Waals surface area contributed by atoms with Crippen LogP contribution in [0.15, 0.2) is 18.2 Å². The van der Waals surface area contributed by atoms with Crippen molar-refractivity contribution in [3.63, 3.8) is 0 Å². The molecule has 0 amide bonds. The van der Waals surface area contributed by atoms with Gasteiger partial charge in [0.05, 0.1) is 11.3 Å². The molecule has 1 rings (SSSR count). The van der Waals surface area contributed by atoms with Crippen LogP contribution >= 0.6 is 0 Å². The largest absolute Gasteiger partial charge is 0.371 e. The number of halogens is 1. The summed E-state index contributed by atoms with van der Waals surface area (Å²) >= 11 is 0. The van der Waals surface area contributed by atoms with E-state index in [0.717, 1.165) is 0 Å². The Morgan fingerprint density at radius 1 is 1.33 bits per heavy atom. The minimum atomic E-state index is -0.451. The molecule has 0 aromatic heterocycles. The van der Waals surface area contributed by atoms with Gasteiger partial charge in [0.2, 0.25) is 0 Å². The average Bonchev–Trinajstić information content (AvgIpc) is 2.24. The van der Waals surface area contributed by atoms with Gasteiger partial charge in [-0.15, -0.1) is 0 Å². The Morgan fingerprint density at radius 3 is 2.33 bits per heavy atom. The molecule has 18 heavy (non-hydrogen) atoms. The Bertz CT molecular complexity index is 448. The predicted octanol–water partition coefficient (Wildman–Crippen LogP) is 3.90. The van der Waals surface area contributed by atoms with Gasteiger partial charge >= 0.3 is 0 Å². The normalized spacial score (nSPS) is 13.3. The van der Waals surface area contributed by atoms with Crippen molar-refractivity contribution in [2.45, 2.75) is 40.7 Å². The van der Waals surface area contributed by atoms with Gasteiger partial charge < -0.3 is 4.90 Å². The maximum atomic E-state index is 13.8. The van der Waals surface area contributed by atoms with Crippen LogP contribution in [0.5, 0.6) is 0 Å². The van der Waals surface area contributed by atoms with Crippen molar-refractivity contribution in [1.82, 2.24) is 0 Å². The lowest BCUT2D eigenvalue weighted by molar-refractivity contribution is 0.101. The van der Waals surface area contributed by atoms with Crippen LogP contribution < -0.4 is 4.90 Å². The summed E-state index contributed by atoms with van der Waals surface area (Å²) in [5, 5.41) is 0. The molecule has 0 N–H and O–H groups in total. The second-order valence-electron chi connectivity index (χ2n) is 5.84. The number of ketones is 1. The van der Waals surface area contributed by atoms with Gasteiger partial charge in [-0.05, 0) is 31.4 Å². The third kappa shape index (κ3) is 2.89. The zero-order valence-electron chi connectivity index (χ0n) is 12.0. The highest BCUT2D eigenvalue weighted by molar-refractivity contribution is 6.00. The summed E-state index contributed by atoms with van der Waals surface area (Å²) in [6.07, 6.45) is 0. The van der Waals surface area contributed by atoms with Crippen LogP contribution in [0, 0.1) is 11.2 Å². The minimum absolute atomic E-state index is 0.0507. The molecule has 0 saturated heterocycles. The van der Waals surface area contributed by atoms with Crippen LogP contribution in [-0.2, 0) is 0 Å². The van der Waals surface area contributed by atoms with E-state index in [9.17, 15) is 9.18 Å². The van der Waals surface area contributed by atoms with Crippen molar-refractivity contribution in [1.29, 1.82) is 0 Å². The van der Waals surface area contributed by atoms with Gasteiger partial charge in [-0.3, -0.25) is 4.79 Å². The van der Waals surface area contributed by atoms with Gasteiger partial charge in [-0.25, -0.2) is 4.39 Å². The van der Waals surface area contributed by atoms with E-state index in [1.807, 2.05) is 11.9 Å². The van der Waals surface area contributed by atoms with E-state index in [4.69, 9.17) is 0 Å². The van der Waals surface area contributed by atoms with Crippen molar-refractivity contribution in [3.8, 4) is 0 Å². The van der Waals surface area contributed by atoms with Gasteiger partial charge in [0.25, 0.3) is 0 Å². The maximum absolute atomic E-state index is 13.8. The summed E-state index contributed by atoms with van der Waals surface area (Å²) in [4.78, 5) is 13.6. The third-order valence-electron chi connectivity index (χ3n) is 3.56. The first-order valence-corrected chi connectivity index (χ1v) is 6.18. The molecule has 0 aliphatic carbocycles. The lowest BCUT2D eigenvalue weighted by Crippen LogP contribution is -2.40. The third-order valence-corrected chi connectivity index (χ3v) is 3.56. The monoisotopic (exact) mass is 251 g/mol. The Kier molecular flexibility index (Phi) is 4.15. The van der Waals surface area contributed by atoms with E-state index in [2.05, 4.69) is 27.7 Å². The molecule has 0 aliphatic rings. The predicted molar refractivity (Wildman–Crippen MR) is 73.7 cm³/mol. The topological polar surface area (TPSA) is 20.3 Å². The first kappa shape index (κ1) is 14.7. The van der Waals surface area contributed by atoms with Crippen molar-refractivity contribution in [3.05, 3.63) is 29.6 Å². The number of rotatable bonds is 3. The molecular weight excluding hydrogens is 229 g/mol. The number of hydrogen-bond donors (Lipinski definition) is 0. The van der Waals surface area contributed by atoms with Gasteiger partial charge in [0.15, 0.2) is 5.78 Å². The molecular formula is C15H22FNO. The second kappa shape index (κ2) is 5.09. The minimum Gasteiger partial charge on any atom is -0.371 e. The molecule has 100 valence electrons. The summed E-state index contributed by atoms with van der Waals surface area (Å²) in [7, 11) is 1.90. The Balaban J connectivity index is 3.26. The second-order valence-corrected chi connectivity index (χ2v) is 5.84. The van der Waals surface area contributed by atoms with Crippen LogP contribution in [0.3, 0.4) is 0 Å². The van der Waals surface area contributed by atoms with Gasteiger partial charge in [0.1, 0.15) is 5.82 Å². The lowest BCUT2D eigenvalue weighted by Gasteiger charge is -2.37. The zero-order valence-corrected chi connectivity index (χ0v) is 12.0. The number of nitrogens with zero attached hydrogens (tertiary/aromatic N) is 1. The average molecular weight is 251 g/mol. The molecule has 2 nitrogen and oxygen atoms in total. The molecule has 0 fully saturated rings. The summed E-state index contributed by atoms with van der Waals surface area (Å²) in [5.74, 6) is -0.691. The fraction of sp³-hybridized carbons (Fsp3) is 0.533. The Hall–Kier alpha value is -1.38. The van der Waals surface area contributed by atoms with E-state index in [1.165, 1.54) is 13.0 Å². The molecule has 0 bridgehead atoms. The highest BCUT2D eigenvalue weighted by Crippen LogP contribution is 2.30. The molecule has 1 aromatic carbocycles. The smallest absolute Gasteiger partial charge is 0.164 e. The van der Waals surface area contributed by atoms with E-state index in [-0.39, 0.29) is 22.8 Å². The van der Waals surface area contributed by atoms with Crippen molar-refractivity contribution in [2.75, 3.05) is 11.9 Å². The highest BCUT2D eigenvalue weighted by atomic mass is 19.1. The number of carbonyl (C=O) groups excluding carboxylic acids is 1. The zero-order chi connectivity index (χ0) is 14.1. The van der Waals surface area contributed by atoms with Gasteiger partial charge in [-0.1, -0.05) is 26.8 Å². The van der Waals surface area contributed by atoms with E-state index < -0.39 is 5.82 Å². The van der Waals surface area contributed by atoms with Crippen LogP contribution in [0.4, 0.5) is 10.1 Å². The highest BCUT2D eigenvalue weighted by Gasteiger charge is 2.26. The van der Waals surface area contributed by atoms with Crippen LogP contribution in [0.2, 0.25) is 0 Å². The van der Waals surface area contributed by atoms with E-state index in [1.54, 1.807) is 12.1 Å². The summed E-state index contributed by atoms with van der Waals surface area (Å²) in [6.45, 7) is 9.86. The molecule has 0 saturated carbocycles. The molecule has 1 atom stereocenters. The molecule has 0 aliphatic heterocycles. The Morgan fingerprint density at radius 2 is 1.89 bits per heavy atom. The molecule has 0 spiro atoms. The van der Waals surface area contributed by atoms with Crippen LogP contribution in [-0.4, -0.2) is 18.9 Å². The quantitative estimate of drug-likeness (QED) is 0.759. The maximum Gasteiger partial charge on any atom is 0.164 e. The van der Waals surface area contributed by atoms with Gasteiger partial charge in [0, 0.05) is 13.1 Å². The standard InChI is InChI=1S/C15H22FNO/c1-10(18)14-12(16)8-7-9-13(14)17(6)11(2)15(3,4)5/h7-9,11H,1-6H3. The van der Waals surface area contributed by atoms with Crippen molar-refractivity contribution in [2.24, 2.45) is 5.41 Å².